The molecule has 152 valence electrons. The van der Waals surface area contributed by atoms with Crippen LogP contribution in [-0.2, 0) is 21.3 Å². The highest BCUT2D eigenvalue weighted by Crippen LogP contribution is 2.23. The third-order valence-corrected chi connectivity index (χ3v) is 6.52. The van der Waals surface area contributed by atoms with Crippen LogP contribution in [0.3, 0.4) is 0 Å². The molecule has 1 aromatic heterocycles. The van der Waals surface area contributed by atoms with Crippen molar-refractivity contribution in [3.05, 3.63) is 64.0 Å². The van der Waals surface area contributed by atoms with E-state index in [1.54, 1.807) is 13.0 Å². The fourth-order valence-corrected chi connectivity index (χ4v) is 4.16. The number of aromatic nitrogens is 2. The van der Waals surface area contributed by atoms with Gasteiger partial charge in [0.05, 0.1) is 24.1 Å². The molecular formula is C19H18BrN3O5S. The Kier molecular flexibility index (Phi) is 6.15. The number of carbonyl (C=O) groups excluding carboxylic acids is 1. The van der Waals surface area contributed by atoms with Gasteiger partial charge < -0.3 is 9.26 Å². The van der Waals surface area contributed by atoms with Crippen molar-refractivity contribution in [1.29, 1.82) is 0 Å². The molecule has 3 rings (SSSR count). The number of rotatable bonds is 6. The number of halogens is 1. The van der Waals surface area contributed by atoms with Crippen LogP contribution in [0.2, 0.25) is 0 Å². The molecule has 8 nitrogen and oxygen atoms in total. The van der Waals surface area contributed by atoms with Gasteiger partial charge in [0.2, 0.25) is 21.7 Å². The van der Waals surface area contributed by atoms with Crippen molar-refractivity contribution < 1.29 is 22.5 Å². The lowest BCUT2D eigenvalue weighted by Crippen LogP contribution is -2.27. The predicted molar refractivity (Wildman–Crippen MR) is 109 cm³/mol. The zero-order valence-electron chi connectivity index (χ0n) is 15.9. The predicted octanol–water partition coefficient (Wildman–Crippen LogP) is 3.41. The number of benzene rings is 2. The topological polar surface area (TPSA) is 103 Å². The number of hydrogen-bond acceptors (Lipinski definition) is 7. The SMILES string of the molecule is COC(=O)c1cc(S(=O)(=O)N(C)Cc2nc(-c3cccc(Br)c3)no2)ccc1C. The van der Waals surface area contributed by atoms with Gasteiger partial charge in [0, 0.05) is 17.1 Å². The van der Waals surface area contributed by atoms with E-state index in [2.05, 4.69) is 26.1 Å². The van der Waals surface area contributed by atoms with Crippen molar-refractivity contribution >= 4 is 31.9 Å². The van der Waals surface area contributed by atoms with Crippen LogP contribution in [0.5, 0.6) is 0 Å². The summed E-state index contributed by atoms with van der Waals surface area (Å²) in [5, 5.41) is 3.91. The zero-order chi connectivity index (χ0) is 21.2. The quantitative estimate of drug-likeness (QED) is 0.498. The summed E-state index contributed by atoms with van der Waals surface area (Å²) < 4.78 is 37.7. The van der Waals surface area contributed by atoms with E-state index in [0.29, 0.717) is 11.4 Å². The minimum Gasteiger partial charge on any atom is -0.465 e. The molecule has 3 aromatic rings. The maximum atomic E-state index is 12.9. The molecule has 1 heterocycles. The van der Waals surface area contributed by atoms with Crippen LogP contribution in [0.15, 0.2) is 56.4 Å². The van der Waals surface area contributed by atoms with Crippen LogP contribution < -0.4 is 0 Å². The third-order valence-electron chi connectivity index (χ3n) is 4.23. The minimum absolute atomic E-state index is 0.0299. The fraction of sp³-hybridized carbons (Fsp3) is 0.211. The van der Waals surface area contributed by atoms with Gasteiger partial charge in [0.1, 0.15) is 0 Å². The standard InChI is InChI=1S/C19H18BrN3O5S/c1-12-7-8-15(10-16(12)19(24)27-3)29(25,26)23(2)11-17-21-18(22-28-17)13-5-4-6-14(20)9-13/h4-10H,11H2,1-3H3. The van der Waals surface area contributed by atoms with Crippen LogP contribution in [0, 0.1) is 6.92 Å². The average Bonchev–Trinajstić information content (AvgIpc) is 3.16. The van der Waals surface area contributed by atoms with E-state index >= 15 is 0 Å². The number of methoxy groups -OCH3 is 1. The van der Waals surface area contributed by atoms with Gasteiger partial charge in [-0.3, -0.25) is 0 Å². The highest BCUT2D eigenvalue weighted by Gasteiger charge is 2.25. The van der Waals surface area contributed by atoms with E-state index < -0.39 is 16.0 Å². The highest BCUT2D eigenvalue weighted by molar-refractivity contribution is 9.10. The van der Waals surface area contributed by atoms with Gasteiger partial charge in [-0.2, -0.15) is 9.29 Å². The van der Waals surface area contributed by atoms with Crippen LogP contribution >= 0.6 is 15.9 Å². The third kappa shape index (κ3) is 4.55. The molecule has 0 aliphatic heterocycles. The maximum Gasteiger partial charge on any atom is 0.338 e. The van der Waals surface area contributed by atoms with Crippen LogP contribution in [-0.4, -0.2) is 43.0 Å². The molecule has 29 heavy (non-hydrogen) atoms. The minimum atomic E-state index is -3.89. The molecule has 0 spiro atoms. The Balaban J connectivity index is 1.83. The first-order valence-electron chi connectivity index (χ1n) is 8.46. The highest BCUT2D eigenvalue weighted by atomic mass is 79.9. The molecule has 0 bridgehead atoms. The smallest absolute Gasteiger partial charge is 0.338 e. The van der Waals surface area contributed by atoms with E-state index in [1.807, 2.05) is 24.3 Å². The lowest BCUT2D eigenvalue weighted by molar-refractivity contribution is 0.0599. The summed E-state index contributed by atoms with van der Waals surface area (Å²) in [6, 6.07) is 11.7. The number of sulfonamides is 1. The first-order chi connectivity index (χ1) is 13.7. The summed E-state index contributed by atoms with van der Waals surface area (Å²) in [6.45, 7) is 1.58. The number of esters is 1. The summed E-state index contributed by atoms with van der Waals surface area (Å²) >= 11 is 3.38. The summed E-state index contributed by atoms with van der Waals surface area (Å²) in [6.07, 6.45) is 0. The average molecular weight is 480 g/mol. The van der Waals surface area contributed by atoms with E-state index in [4.69, 9.17) is 9.26 Å². The van der Waals surface area contributed by atoms with E-state index in [9.17, 15) is 13.2 Å². The number of nitrogens with zero attached hydrogens (tertiary/aromatic N) is 3. The zero-order valence-corrected chi connectivity index (χ0v) is 18.3. The summed E-state index contributed by atoms with van der Waals surface area (Å²) in [4.78, 5) is 16.1. The molecule has 0 aliphatic rings. The Morgan fingerprint density at radius 1 is 1.24 bits per heavy atom. The number of ether oxygens (including phenoxy) is 1. The lowest BCUT2D eigenvalue weighted by Gasteiger charge is -2.16. The molecule has 0 radical (unpaired) electrons. The van der Waals surface area contributed by atoms with Gasteiger partial charge >= 0.3 is 5.97 Å². The maximum absolute atomic E-state index is 12.9. The number of hydrogen-bond donors (Lipinski definition) is 0. The Morgan fingerprint density at radius 3 is 2.69 bits per heavy atom. The van der Waals surface area contributed by atoms with Crippen LogP contribution in [0.4, 0.5) is 0 Å². The second kappa shape index (κ2) is 8.44. The van der Waals surface area contributed by atoms with Gasteiger partial charge in [-0.1, -0.05) is 39.3 Å². The van der Waals surface area contributed by atoms with Crippen molar-refractivity contribution in [2.75, 3.05) is 14.2 Å². The van der Waals surface area contributed by atoms with Gasteiger partial charge in [-0.25, -0.2) is 13.2 Å². The van der Waals surface area contributed by atoms with Crippen molar-refractivity contribution in [2.45, 2.75) is 18.4 Å². The normalized spacial score (nSPS) is 11.6. The molecule has 0 N–H and O–H groups in total. The fourth-order valence-electron chi connectivity index (χ4n) is 2.61. The Morgan fingerprint density at radius 2 is 2.00 bits per heavy atom. The monoisotopic (exact) mass is 479 g/mol. The second-order valence-corrected chi connectivity index (χ2v) is 9.21. The molecular weight excluding hydrogens is 462 g/mol. The van der Waals surface area contributed by atoms with Gasteiger partial charge in [-0.05, 0) is 36.8 Å². The Bertz CT molecular complexity index is 1160. The first kappa shape index (κ1) is 21.2. The van der Waals surface area contributed by atoms with Crippen molar-refractivity contribution in [3.63, 3.8) is 0 Å². The largest absolute Gasteiger partial charge is 0.465 e. The van der Waals surface area contributed by atoms with Crippen molar-refractivity contribution in [2.24, 2.45) is 0 Å². The Labute approximate surface area is 176 Å². The summed E-state index contributed by atoms with van der Waals surface area (Å²) in [7, 11) is -1.25. The van der Waals surface area contributed by atoms with Crippen molar-refractivity contribution in [3.8, 4) is 11.4 Å². The molecule has 0 aliphatic carbocycles. The van der Waals surface area contributed by atoms with E-state index in [1.165, 1.54) is 26.3 Å². The van der Waals surface area contributed by atoms with E-state index in [0.717, 1.165) is 14.3 Å². The molecule has 0 unspecified atom stereocenters. The van der Waals surface area contributed by atoms with Gasteiger partial charge in [-0.15, -0.1) is 0 Å². The number of aryl methyl sites for hydroxylation is 1. The van der Waals surface area contributed by atoms with Crippen molar-refractivity contribution in [1.82, 2.24) is 14.4 Å². The molecule has 0 fully saturated rings. The molecule has 0 amide bonds. The Hall–Kier alpha value is -2.56. The molecule has 0 saturated heterocycles. The van der Waals surface area contributed by atoms with Crippen LogP contribution in [0.1, 0.15) is 21.8 Å². The van der Waals surface area contributed by atoms with Crippen LogP contribution in [0.25, 0.3) is 11.4 Å². The number of carbonyl (C=O) groups is 1. The molecule has 2 aromatic carbocycles. The van der Waals surface area contributed by atoms with E-state index in [-0.39, 0.29) is 22.9 Å². The second-order valence-electron chi connectivity index (χ2n) is 6.25. The first-order valence-corrected chi connectivity index (χ1v) is 10.7. The summed E-state index contributed by atoms with van der Waals surface area (Å²) in [5.74, 6) is -0.0977. The van der Waals surface area contributed by atoms with Gasteiger partial charge in [0.15, 0.2) is 0 Å². The molecule has 0 saturated carbocycles. The molecule has 0 atom stereocenters. The summed E-state index contributed by atoms with van der Waals surface area (Å²) in [5.41, 5.74) is 1.55. The molecule has 10 heteroatoms. The van der Waals surface area contributed by atoms with Gasteiger partial charge in [0.25, 0.3) is 0 Å². The lowest BCUT2D eigenvalue weighted by atomic mass is 10.1.